The zero-order valence-electron chi connectivity index (χ0n) is 13.6. The van der Waals surface area contributed by atoms with Gasteiger partial charge >= 0.3 is 5.97 Å². The standard InChI is InChI=1S/C17H31NO3/c1-14(2)8-4-7-11-18-15(19)12-17(13-16(20)21)9-5-3-6-10-17/h14H,3-13H2,1-2H3,(H,18,19)(H,20,21). The molecule has 1 saturated carbocycles. The fourth-order valence-corrected chi connectivity index (χ4v) is 3.35. The molecule has 0 atom stereocenters. The third-order valence-electron chi connectivity index (χ3n) is 4.51. The molecule has 1 aliphatic carbocycles. The van der Waals surface area contributed by atoms with E-state index in [-0.39, 0.29) is 17.7 Å². The lowest BCUT2D eigenvalue weighted by molar-refractivity contribution is -0.141. The molecule has 0 aliphatic heterocycles. The number of carbonyl (C=O) groups excluding carboxylic acids is 1. The van der Waals surface area contributed by atoms with E-state index >= 15 is 0 Å². The predicted molar refractivity (Wildman–Crippen MR) is 84.1 cm³/mol. The molecule has 0 spiro atoms. The molecular formula is C17H31NO3. The van der Waals surface area contributed by atoms with Crippen molar-refractivity contribution < 1.29 is 14.7 Å². The quantitative estimate of drug-likeness (QED) is 0.637. The van der Waals surface area contributed by atoms with E-state index in [0.29, 0.717) is 18.9 Å². The van der Waals surface area contributed by atoms with Crippen molar-refractivity contribution in [3.05, 3.63) is 0 Å². The molecule has 0 unspecified atom stereocenters. The van der Waals surface area contributed by atoms with Crippen LogP contribution < -0.4 is 5.32 Å². The first kappa shape index (κ1) is 18.0. The summed E-state index contributed by atoms with van der Waals surface area (Å²) in [7, 11) is 0. The molecule has 1 fully saturated rings. The van der Waals surface area contributed by atoms with E-state index in [0.717, 1.165) is 44.9 Å². The molecule has 1 rings (SSSR count). The van der Waals surface area contributed by atoms with Gasteiger partial charge in [0.2, 0.25) is 5.91 Å². The lowest BCUT2D eigenvalue weighted by Crippen LogP contribution is -2.35. The molecule has 122 valence electrons. The Bertz CT molecular complexity index is 333. The van der Waals surface area contributed by atoms with E-state index in [2.05, 4.69) is 19.2 Å². The Morgan fingerprint density at radius 1 is 1.10 bits per heavy atom. The van der Waals surface area contributed by atoms with Gasteiger partial charge in [0.25, 0.3) is 0 Å². The lowest BCUT2D eigenvalue weighted by atomic mass is 9.69. The summed E-state index contributed by atoms with van der Waals surface area (Å²) >= 11 is 0. The number of aliphatic carboxylic acids is 1. The van der Waals surface area contributed by atoms with Crippen molar-refractivity contribution in [1.29, 1.82) is 0 Å². The van der Waals surface area contributed by atoms with Crippen LogP contribution in [0.2, 0.25) is 0 Å². The Kier molecular flexibility index (Phi) is 7.76. The first-order valence-electron chi connectivity index (χ1n) is 8.42. The Labute approximate surface area is 128 Å². The van der Waals surface area contributed by atoms with Crippen molar-refractivity contribution in [2.24, 2.45) is 11.3 Å². The maximum absolute atomic E-state index is 12.1. The van der Waals surface area contributed by atoms with Gasteiger partial charge < -0.3 is 10.4 Å². The number of unbranched alkanes of at least 4 members (excludes halogenated alkanes) is 1. The van der Waals surface area contributed by atoms with Gasteiger partial charge in [-0.2, -0.15) is 0 Å². The van der Waals surface area contributed by atoms with Gasteiger partial charge in [0.05, 0.1) is 6.42 Å². The third kappa shape index (κ3) is 7.49. The van der Waals surface area contributed by atoms with Crippen LogP contribution in [0, 0.1) is 11.3 Å². The van der Waals surface area contributed by atoms with E-state index < -0.39 is 5.97 Å². The van der Waals surface area contributed by atoms with Crippen molar-refractivity contribution >= 4 is 11.9 Å². The molecule has 1 amide bonds. The van der Waals surface area contributed by atoms with Crippen LogP contribution in [0.1, 0.15) is 78.1 Å². The van der Waals surface area contributed by atoms with Gasteiger partial charge in [0, 0.05) is 13.0 Å². The number of carbonyl (C=O) groups is 2. The highest BCUT2D eigenvalue weighted by molar-refractivity contribution is 5.78. The molecular weight excluding hydrogens is 266 g/mol. The first-order valence-corrected chi connectivity index (χ1v) is 8.42. The van der Waals surface area contributed by atoms with Crippen LogP contribution in [0.25, 0.3) is 0 Å². The normalized spacial score (nSPS) is 17.7. The summed E-state index contributed by atoms with van der Waals surface area (Å²) < 4.78 is 0. The lowest BCUT2D eigenvalue weighted by Gasteiger charge is -2.35. The topological polar surface area (TPSA) is 66.4 Å². The molecule has 0 heterocycles. The minimum Gasteiger partial charge on any atom is -0.481 e. The third-order valence-corrected chi connectivity index (χ3v) is 4.51. The number of hydrogen-bond donors (Lipinski definition) is 2. The summed E-state index contributed by atoms with van der Waals surface area (Å²) in [6.07, 6.45) is 8.87. The molecule has 0 aromatic carbocycles. The molecule has 0 radical (unpaired) electrons. The van der Waals surface area contributed by atoms with E-state index in [4.69, 9.17) is 5.11 Å². The van der Waals surface area contributed by atoms with Crippen LogP contribution >= 0.6 is 0 Å². The van der Waals surface area contributed by atoms with Crippen molar-refractivity contribution in [2.75, 3.05) is 6.54 Å². The maximum Gasteiger partial charge on any atom is 0.303 e. The summed E-state index contributed by atoms with van der Waals surface area (Å²) in [5, 5.41) is 12.1. The average molecular weight is 297 g/mol. The summed E-state index contributed by atoms with van der Waals surface area (Å²) in [6.45, 7) is 5.13. The van der Waals surface area contributed by atoms with Gasteiger partial charge in [-0.3, -0.25) is 9.59 Å². The van der Waals surface area contributed by atoms with Crippen LogP contribution in [-0.4, -0.2) is 23.5 Å². The molecule has 2 N–H and O–H groups in total. The number of carboxylic acids is 1. The van der Waals surface area contributed by atoms with Crippen molar-refractivity contribution in [3.8, 4) is 0 Å². The highest BCUT2D eigenvalue weighted by atomic mass is 16.4. The second-order valence-electron chi connectivity index (χ2n) is 7.05. The van der Waals surface area contributed by atoms with Crippen LogP contribution in [0.15, 0.2) is 0 Å². The first-order chi connectivity index (χ1) is 9.93. The second kappa shape index (κ2) is 9.06. The molecule has 4 heteroatoms. The Hall–Kier alpha value is -1.06. The molecule has 4 nitrogen and oxygen atoms in total. The Morgan fingerprint density at radius 3 is 2.33 bits per heavy atom. The van der Waals surface area contributed by atoms with Crippen LogP contribution in [0.4, 0.5) is 0 Å². The van der Waals surface area contributed by atoms with Gasteiger partial charge in [-0.1, -0.05) is 46.0 Å². The molecule has 0 bridgehead atoms. The van der Waals surface area contributed by atoms with E-state index in [1.807, 2.05) is 0 Å². The van der Waals surface area contributed by atoms with Crippen LogP contribution in [-0.2, 0) is 9.59 Å². The summed E-state index contributed by atoms with van der Waals surface area (Å²) in [6, 6.07) is 0. The van der Waals surface area contributed by atoms with E-state index in [1.54, 1.807) is 0 Å². The highest BCUT2D eigenvalue weighted by Crippen LogP contribution is 2.42. The van der Waals surface area contributed by atoms with Gasteiger partial charge in [-0.05, 0) is 30.6 Å². The minimum absolute atomic E-state index is 0.0303. The summed E-state index contributed by atoms with van der Waals surface area (Å²) in [5.74, 6) is -0.0360. The Balaban J connectivity index is 2.33. The number of hydrogen-bond acceptors (Lipinski definition) is 2. The summed E-state index contributed by atoms with van der Waals surface area (Å²) in [4.78, 5) is 23.2. The van der Waals surface area contributed by atoms with Gasteiger partial charge in [0.15, 0.2) is 0 Å². The predicted octanol–water partition coefficient (Wildman–Crippen LogP) is 3.74. The second-order valence-corrected chi connectivity index (χ2v) is 7.05. The van der Waals surface area contributed by atoms with Crippen molar-refractivity contribution in [2.45, 2.75) is 78.1 Å². The van der Waals surface area contributed by atoms with E-state index in [9.17, 15) is 9.59 Å². The fraction of sp³-hybridized carbons (Fsp3) is 0.882. The zero-order chi connectivity index (χ0) is 15.7. The smallest absolute Gasteiger partial charge is 0.303 e. The SMILES string of the molecule is CC(C)CCCCNC(=O)CC1(CC(=O)O)CCCCC1. The highest BCUT2D eigenvalue weighted by Gasteiger charge is 2.36. The number of carboxylic acid groups (broad SMARTS) is 1. The molecule has 0 aromatic heterocycles. The average Bonchev–Trinajstić information content (AvgIpc) is 2.37. The zero-order valence-corrected chi connectivity index (χ0v) is 13.6. The van der Waals surface area contributed by atoms with Gasteiger partial charge in [0.1, 0.15) is 0 Å². The van der Waals surface area contributed by atoms with Crippen molar-refractivity contribution in [3.63, 3.8) is 0 Å². The van der Waals surface area contributed by atoms with Gasteiger partial charge in [-0.15, -0.1) is 0 Å². The monoisotopic (exact) mass is 297 g/mol. The molecule has 1 aliphatic rings. The van der Waals surface area contributed by atoms with Crippen LogP contribution in [0.3, 0.4) is 0 Å². The van der Waals surface area contributed by atoms with E-state index in [1.165, 1.54) is 6.42 Å². The van der Waals surface area contributed by atoms with Crippen molar-refractivity contribution in [1.82, 2.24) is 5.32 Å². The number of nitrogens with one attached hydrogen (secondary N) is 1. The minimum atomic E-state index is -0.776. The maximum atomic E-state index is 12.1. The van der Waals surface area contributed by atoms with Crippen LogP contribution in [0.5, 0.6) is 0 Å². The molecule has 21 heavy (non-hydrogen) atoms. The Morgan fingerprint density at radius 2 is 1.76 bits per heavy atom. The van der Waals surface area contributed by atoms with Gasteiger partial charge in [-0.25, -0.2) is 0 Å². The number of amides is 1. The summed E-state index contributed by atoms with van der Waals surface area (Å²) in [5.41, 5.74) is -0.300. The molecule has 0 saturated heterocycles. The largest absolute Gasteiger partial charge is 0.481 e. The fourth-order valence-electron chi connectivity index (χ4n) is 3.35. The number of rotatable bonds is 9. The molecule has 0 aromatic rings.